The molecule has 0 aliphatic rings. The third kappa shape index (κ3) is 33.5. The molecule has 41 heteroatoms. The molecule has 5 radical (unpaired) electrons. The normalized spacial score (nSPS) is 9.59. The number of rotatable bonds is 11. The summed E-state index contributed by atoms with van der Waals surface area (Å²) in [5.41, 5.74) is 22.0. The first kappa shape index (κ1) is 140. The number of carboxylic acids is 2. The third-order valence-corrected chi connectivity index (χ3v) is 20.2. The number of nitrogens with zero attached hydrogens (tertiary/aromatic N) is 18. The van der Waals surface area contributed by atoms with Crippen LogP contribution in [0.2, 0.25) is 0 Å². The summed E-state index contributed by atoms with van der Waals surface area (Å²) in [6, 6.07) is 46.8. The van der Waals surface area contributed by atoms with Crippen LogP contribution in [0.1, 0.15) is 140 Å². The van der Waals surface area contributed by atoms with Gasteiger partial charge in [0.2, 0.25) is 20.0 Å². The number of pyridine rings is 5. The van der Waals surface area contributed by atoms with Crippen LogP contribution in [0.4, 0.5) is 34.3 Å². The van der Waals surface area contributed by atoms with Crippen LogP contribution in [-0.4, -0.2) is 142 Å². The van der Waals surface area contributed by atoms with E-state index in [-0.39, 0.29) is 252 Å². The van der Waals surface area contributed by atoms with Crippen molar-refractivity contribution < 1.29 is 200 Å². The number of anilines is 6. The maximum atomic E-state index is 13.0. The van der Waals surface area contributed by atoms with E-state index < -0.39 is 37.7 Å². The Labute approximate surface area is 931 Å². The number of carbonyl (C=O) groups is 2. The first-order valence-corrected chi connectivity index (χ1v) is 43.5. The standard InChI is InChI=1S/C16H15N5O3S.C15H17N5O2S.C15H13N5O.C15H14N4O2.C9H8BrN3O2.C6H7N.5C2H6.3CH4.5CH3.5Y/c1-10-12-14(19(2)9-17-12)18-15-13(10)20(11-7-5-4-6-8-11)16(22)21(15)25(3,23)24;1-10-12(17-11-7-5-4-6-8-11)14(19-23(3,21)22)18-15-13(10)16-9-20(15)2;1-9-11-14(19(2)8-16-11)17-13-12(9)20(15(21)18-13)10-6-4-3-5-7-10;1-9-11(17-10-6-4-3-5-7-10)13(15(20)21)18-14-12(9)16-8-19(14)2;1-4-5(10)7(9(14)15)12-8-6(4)11-3-13(8)2;7-6-4-2-1-3-5-6;5*1-2;;;;;;;;;;;;;/h4-9H,1-3H3;4-9,17H,1-3H3,(H,18,19);3-8H,1-2H3,(H,17,18,21);3-8,17H,1-2H3,(H,20,21);3H,1-2H3,(H,14,15);1-5H,7H2;5*1-2H3;3*1H4;5*1H3;;;;;/q;;;;;;;;;;;;;;5*-1;;;;;. The fraction of sp³-hybridized carbons (Fsp3) is 0.266. The molecular weight excluding hydrogens is 2200 g/mol. The number of nitrogen functional groups attached to an aromatic ring is 1. The Morgan fingerprint density at radius 3 is 1.06 bits per heavy atom. The van der Waals surface area contributed by atoms with Gasteiger partial charge in [-0.05, 0) is 117 Å². The molecule has 0 aliphatic carbocycles. The van der Waals surface area contributed by atoms with Crippen LogP contribution in [0.3, 0.4) is 0 Å². The summed E-state index contributed by atoms with van der Waals surface area (Å²) in [7, 11) is 1.75. The number of aromatic carboxylic acids is 2. The SMILES string of the molecule is C.C.C.CC.CC.CC.CC.CC.Cc1c(Br)c(C(=O)O)nc2c1ncn2C.Cc1c(Nc2ccccc2)c(C(=O)O)nc2c1ncn2C.Cc1c(Nc2ccccc2)c(NS(C)(=O)=O)nc2c1ncn2C.Cc1c2ncn(C)c2nc2[nH]c(=O)n(-c3ccccc3)c12.Cc1c2ncn(C)c2nc2c1n(-c1ccccc1)c(=O)n2S(C)(=O)=O.Nc1ccccc1.[CH3-].[CH3-].[CH3-].[CH3-].[CH3-].[Y].[Y].[Y].[Y].[Y]. The van der Waals surface area contributed by atoms with Gasteiger partial charge in [-0.3, -0.25) is 18.8 Å². The maximum Gasteiger partial charge on any atom is 0.356 e. The molecule has 0 bridgehead atoms. The van der Waals surface area contributed by atoms with Gasteiger partial charge in [-0.2, -0.15) is 3.97 Å². The van der Waals surface area contributed by atoms with E-state index in [9.17, 15) is 41.1 Å². The molecular formula is C94H131BrN23O10S2Y5-5. The number of aromatic amines is 1. The molecule has 0 aliphatic heterocycles. The first-order valence-electron chi connectivity index (χ1n) is 39.0. The number of nitrogens with one attached hydrogen (secondary N) is 4. The van der Waals surface area contributed by atoms with Crippen molar-refractivity contribution >= 4 is 160 Å². The number of aryl methyl sites for hydroxylation is 10. The average Bonchev–Trinajstić information content (AvgIpc) is 1.56. The quantitative estimate of drug-likeness (QED) is 0.0467. The first-order chi connectivity index (χ1) is 58.3. The molecule has 0 amide bonds. The predicted octanol–water partition coefficient (Wildman–Crippen LogP) is 20.5. The number of benzene rings is 5. The largest absolute Gasteiger partial charge is 0.476 e. The smallest absolute Gasteiger partial charge is 0.356 e. The number of hydrogen-bond acceptors (Lipinski definition) is 21. The summed E-state index contributed by atoms with van der Waals surface area (Å²) in [6.07, 6.45) is 10.3. The molecule has 721 valence electrons. The van der Waals surface area contributed by atoms with Crippen molar-refractivity contribution in [2.75, 3.05) is 33.6 Å². The molecule has 5 aromatic carbocycles. The van der Waals surface area contributed by atoms with E-state index in [1.165, 1.54) is 4.57 Å². The molecule has 0 spiro atoms. The van der Waals surface area contributed by atoms with Crippen LogP contribution < -0.4 is 32.5 Å². The summed E-state index contributed by atoms with van der Waals surface area (Å²) in [5.74, 6) is -1.86. The van der Waals surface area contributed by atoms with Crippen LogP contribution in [0.25, 0.3) is 89.5 Å². The molecule has 0 atom stereocenters. The molecule has 0 saturated carbocycles. The number of hydrogen-bond donors (Lipinski definition) is 7. The average molecular weight is 2330 g/mol. The number of para-hydroxylation sites is 5. The van der Waals surface area contributed by atoms with Crippen LogP contribution in [0.15, 0.2) is 197 Å². The zero-order valence-electron chi connectivity index (χ0n) is 80.2. The van der Waals surface area contributed by atoms with E-state index in [4.69, 9.17) is 10.8 Å². The van der Waals surface area contributed by atoms with E-state index in [1.54, 1.807) is 99.9 Å². The topological polar surface area (TPSA) is 423 Å². The second kappa shape index (κ2) is 64.8. The van der Waals surface area contributed by atoms with E-state index in [2.05, 4.69) is 86.1 Å². The minimum absolute atomic E-state index is 0. The molecule has 135 heavy (non-hydrogen) atoms. The number of imidazole rings is 7. The van der Waals surface area contributed by atoms with Gasteiger partial charge in [-0.25, -0.2) is 85.9 Å². The van der Waals surface area contributed by atoms with Gasteiger partial charge in [0.1, 0.15) is 33.1 Å². The van der Waals surface area contributed by atoms with Gasteiger partial charge in [0.25, 0.3) is 0 Å². The minimum atomic E-state index is -3.84. The number of H-pyrrole nitrogens is 1. The van der Waals surface area contributed by atoms with Gasteiger partial charge in [-0.1, -0.05) is 183 Å². The molecule has 0 saturated heterocycles. The zero-order chi connectivity index (χ0) is 90.4. The van der Waals surface area contributed by atoms with Gasteiger partial charge >= 0.3 is 23.3 Å². The van der Waals surface area contributed by atoms with Crippen molar-refractivity contribution in [1.29, 1.82) is 0 Å². The molecule has 33 nitrogen and oxygen atoms in total. The van der Waals surface area contributed by atoms with E-state index in [1.807, 2.05) is 250 Å². The summed E-state index contributed by atoms with van der Waals surface area (Å²) >= 11 is 3.22. The Morgan fingerprint density at radius 1 is 0.400 bits per heavy atom. The number of nitrogens with two attached hydrogens (primary N) is 1. The predicted molar refractivity (Wildman–Crippen MR) is 544 cm³/mol. The fourth-order valence-electron chi connectivity index (χ4n) is 12.2. The second-order valence-corrected chi connectivity index (χ2v) is 30.1. The molecule has 0 unspecified atom stereocenters. The van der Waals surface area contributed by atoms with E-state index in [0.717, 1.165) is 89.2 Å². The van der Waals surface area contributed by atoms with Crippen LogP contribution in [0.5, 0.6) is 0 Å². The number of sulfonamides is 1. The molecule has 17 aromatic rings. The van der Waals surface area contributed by atoms with Crippen molar-refractivity contribution in [1.82, 2.24) is 90.8 Å². The molecule has 12 heterocycles. The van der Waals surface area contributed by atoms with Gasteiger partial charge in [-0.15, -0.1) is 0 Å². The summed E-state index contributed by atoms with van der Waals surface area (Å²) in [6.45, 7) is 29.3. The number of carboxylic acid groups (broad SMARTS) is 2. The Morgan fingerprint density at radius 2 is 0.704 bits per heavy atom. The van der Waals surface area contributed by atoms with Crippen LogP contribution in [-0.2, 0) is 219 Å². The summed E-state index contributed by atoms with van der Waals surface area (Å²) in [5, 5.41) is 24.7. The number of halogens is 1. The molecule has 0 fully saturated rings. The monoisotopic (exact) mass is 2330 g/mol. The van der Waals surface area contributed by atoms with Gasteiger partial charge in [0, 0.05) is 238 Å². The third-order valence-electron chi connectivity index (χ3n) is 17.7. The van der Waals surface area contributed by atoms with E-state index in [0.29, 0.717) is 71.9 Å². The second-order valence-electron chi connectivity index (χ2n) is 25.8. The van der Waals surface area contributed by atoms with Crippen molar-refractivity contribution in [3.8, 4) is 11.4 Å². The molecule has 8 N–H and O–H groups in total. The van der Waals surface area contributed by atoms with Gasteiger partial charge in [0.15, 0.2) is 56.7 Å². The Balaban J connectivity index is -0.000000286. The summed E-state index contributed by atoms with van der Waals surface area (Å²) < 4.78 is 63.3. The van der Waals surface area contributed by atoms with Gasteiger partial charge < -0.3 is 86.5 Å². The molecule has 17 rings (SSSR count). The number of aromatic nitrogens is 19. The fourth-order valence-corrected chi connectivity index (χ4v) is 14.0. The van der Waals surface area contributed by atoms with Gasteiger partial charge in [0.05, 0.1) is 76.9 Å². The van der Waals surface area contributed by atoms with E-state index >= 15 is 0 Å². The van der Waals surface area contributed by atoms with Crippen molar-refractivity contribution in [3.63, 3.8) is 0 Å². The number of fused-ring (bicyclic) bond motifs is 7. The minimum Gasteiger partial charge on any atom is -0.476 e. The van der Waals surface area contributed by atoms with Crippen molar-refractivity contribution in [3.05, 3.63) is 285 Å². The maximum absolute atomic E-state index is 13.0. The zero-order valence-corrected chi connectivity index (χ0v) is 97.6. The van der Waals surface area contributed by atoms with Crippen molar-refractivity contribution in [2.45, 2.75) is 126 Å². The van der Waals surface area contributed by atoms with Crippen LogP contribution in [0, 0.1) is 71.8 Å². The Hall–Kier alpha value is -8.22. The Kier molecular flexibility index (Phi) is 67.2. The van der Waals surface area contributed by atoms with Crippen molar-refractivity contribution in [2.24, 2.45) is 35.2 Å². The molecule has 12 aromatic heterocycles. The summed E-state index contributed by atoms with van der Waals surface area (Å²) in [4.78, 5) is 93.7. The van der Waals surface area contributed by atoms with Crippen LogP contribution >= 0.6 is 15.9 Å². The Bertz CT molecular complexity index is 6860.